The topological polar surface area (TPSA) is 115 Å². The van der Waals surface area contributed by atoms with Crippen molar-refractivity contribution in [3.8, 4) is 28.6 Å². The van der Waals surface area contributed by atoms with E-state index in [0.717, 1.165) is 22.6 Å². The van der Waals surface area contributed by atoms with E-state index in [4.69, 9.17) is 4.74 Å². The summed E-state index contributed by atoms with van der Waals surface area (Å²) in [5, 5.41) is 23.0. The summed E-state index contributed by atoms with van der Waals surface area (Å²) in [7, 11) is 0. The Morgan fingerprint density at radius 3 is 2.53 bits per heavy atom. The third kappa shape index (κ3) is 6.08. The molecule has 0 aliphatic heterocycles. The van der Waals surface area contributed by atoms with Gasteiger partial charge in [-0.1, -0.05) is 18.7 Å². The second kappa shape index (κ2) is 12.0. The van der Waals surface area contributed by atoms with Gasteiger partial charge in [0.1, 0.15) is 11.5 Å². The van der Waals surface area contributed by atoms with Crippen LogP contribution >= 0.6 is 11.8 Å². The van der Waals surface area contributed by atoms with E-state index in [0.29, 0.717) is 29.7 Å². The summed E-state index contributed by atoms with van der Waals surface area (Å²) in [5.74, 6) is 1.39. The average Bonchev–Trinajstić information content (AvgIpc) is 3.34. The molecule has 0 aliphatic carbocycles. The van der Waals surface area contributed by atoms with Gasteiger partial charge in [-0.2, -0.15) is 5.10 Å². The predicted molar refractivity (Wildman–Crippen MR) is 140 cm³/mol. The van der Waals surface area contributed by atoms with Crippen molar-refractivity contribution in [1.82, 2.24) is 25.2 Å². The molecule has 36 heavy (non-hydrogen) atoms. The van der Waals surface area contributed by atoms with Crippen LogP contribution in [0.2, 0.25) is 0 Å². The molecule has 0 saturated carbocycles. The summed E-state index contributed by atoms with van der Waals surface area (Å²) in [5.41, 5.74) is 5.81. The van der Waals surface area contributed by atoms with Crippen molar-refractivity contribution >= 4 is 23.4 Å². The van der Waals surface area contributed by atoms with E-state index in [1.807, 2.05) is 54.8 Å². The molecule has 184 valence electrons. The predicted octanol–water partition coefficient (Wildman–Crippen LogP) is 4.46. The number of aromatic nitrogens is 4. The van der Waals surface area contributed by atoms with Crippen molar-refractivity contribution < 1.29 is 14.6 Å². The normalized spacial score (nSPS) is 11.3. The van der Waals surface area contributed by atoms with Crippen molar-refractivity contribution in [2.75, 3.05) is 12.4 Å². The quantitative estimate of drug-likeness (QED) is 0.187. The van der Waals surface area contributed by atoms with E-state index in [2.05, 4.69) is 25.7 Å². The SMILES string of the molecule is CCOc1ccc(-n2c(SCC(=O)NN=C(CC)c3ccc(O)cc3)nnc2-c2cccnc2)cc1. The molecule has 9 nitrogen and oxygen atoms in total. The van der Waals surface area contributed by atoms with Crippen LogP contribution in [0.1, 0.15) is 25.8 Å². The monoisotopic (exact) mass is 502 g/mol. The Kier molecular flexibility index (Phi) is 8.30. The van der Waals surface area contributed by atoms with Crippen LogP contribution in [-0.2, 0) is 4.79 Å². The molecule has 2 aromatic heterocycles. The lowest BCUT2D eigenvalue weighted by Crippen LogP contribution is -2.22. The standard InChI is InChI=1S/C26H26N6O3S/c1-3-23(18-7-11-21(33)12-8-18)28-29-24(34)17-36-26-31-30-25(19-6-5-15-27-16-19)32(26)20-9-13-22(14-10-20)35-4-2/h5-16,33H,3-4,17H2,1-2H3,(H,29,34). The molecule has 0 unspecified atom stereocenters. The van der Waals surface area contributed by atoms with Crippen LogP contribution in [0.4, 0.5) is 0 Å². The van der Waals surface area contributed by atoms with Crippen LogP contribution in [-0.4, -0.2) is 48.8 Å². The first-order chi connectivity index (χ1) is 17.6. The highest BCUT2D eigenvalue weighted by Crippen LogP contribution is 2.28. The minimum atomic E-state index is -0.270. The molecule has 4 rings (SSSR count). The number of pyridine rings is 1. The van der Waals surface area contributed by atoms with Crippen LogP contribution in [0.3, 0.4) is 0 Å². The number of benzene rings is 2. The van der Waals surface area contributed by atoms with Crippen molar-refractivity contribution in [3.63, 3.8) is 0 Å². The average molecular weight is 503 g/mol. The number of hydrazone groups is 1. The molecule has 0 fully saturated rings. The first kappa shape index (κ1) is 24.9. The fraction of sp³-hybridized carbons (Fsp3) is 0.192. The molecular weight excluding hydrogens is 476 g/mol. The van der Waals surface area contributed by atoms with Gasteiger partial charge in [-0.25, -0.2) is 5.43 Å². The highest BCUT2D eigenvalue weighted by molar-refractivity contribution is 7.99. The lowest BCUT2D eigenvalue weighted by atomic mass is 10.1. The molecule has 1 amide bonds. The second-order valence-corrected chi connectivity index (χ2v) is 8.54. The van der Waals surface area contributed by atoms with Crippen LogP contribution in [0.5, 0.6) is 11.5 Å². The van der Waals surface area contributed by atoms with Gasteiger partial charge >= 0.3 is 0 Å². The summed E-state index contributed by atoms with van der Waals surface area (Å²) in [6.07, 6.45) is 4.05. The number of amides is 1. The molecule has 0 atom stereocenters. The zero-order chi connectivity index (χ0) is 25.3. The van der Waals surface area contributed by atoms with Crippen molar-refractivity contribution in [2.24, 2.45) is 5.10 Å². The Balaban J connectivity index is 1.53. The van der Waals surface area contributed by atoms with Crippen molar-refractivity contribution in [2.45, 2.75) is 25.4 Å². The van der Waals surface area contributed by atoms with Crippen LogP contribution < -0.4 is 10.2 Å². The van der Waals surface area contributed by atoms with E-state index in [-0.39, 0.29) is 17.4 Å². The number of phenolic OH excluding ortho intramolecular Hbond substituents is 1. The molecule has 2 aromatic carbocycles. The van der Waals surface area contributed by atoms with E-state index in [1.54, 1.807) is 36.7 Å². The van der Waals surface area contributed by atoms with Crippen LogP contribution in [0.15, 0.2) is 83.3 Å². The minimum Gasteiger partial charge on any atom is -0.508 e. The zero-order valence-electron chi connectivity index (χ0n) is 20.0. The molecule has 0 saturated heterocycles. The third-order valence-electron chi connectivity index (χ3n) is 5.14. The Morgan fingerprint density at radius 2 is 1.86 bits per heavy atom. The van der Waals surface area contributed by atoms with Crippen LogP contribution in [0, 0.1) is 0 Å². The molecule has 4 aromatic rings. The maximum atomic E-state index is 12.6. The second-order valence-electron chi connectivity index (χ2n) is 7.59. The summed E-state index contributed by atoms with van der Waals surface area (Å²) in [6, 6.07) is 18.1. The molecule has 2 heterocycles. The van der Waals surface area contributed by atoms with E-state index >= 15 is 0 Å². The molecular formula is C26H26N6O3S. The third-order valence-corrected chi connectivity index (χ3v) is 6.07. The van der Waals surface area contributed by atoms with Crippen LogP contribution in [0.25, 0.3) is 17.1 Å². The minimum absolute atomic E-state index is 0.0955. The summed E-state index contributed by atoms with van der Waals surface area (Å²) in [6.45, 7) is 4.47. The lowest BCUT2D eigenvalue weighted by Gasteiger charge is -2.11. The Bertz CT molecular complexity index is 1320. The van der Waals surface area contributed by atoms with Gasteiger partial charge in [-0.3, -0.25) is 14.3 Å². The van der Waals surface area contributed by atoms with Gasteiger partial charge in [0.15, 0.2) is 11.0 Å². The van der Waals surface area contributed by atoms with Gasteiger partial charge in [0.05, 0.1) is 18.1 Å². The van der Waals surface area contributed by atoms with Gasteiger partial charge in [0.25, 0.3) is 5.91 Å². The number of phenols is 1. The maximum absolute atomic E-state index is 12.6. The van der Waals surface area contributed by atoms with E-state index in [1.165, 1.54) is 11.8 Å². The highest BCUT2D eigenvalue weighted by Gasteiger charge is 2.18. The first-order valence-corrected chi connectivity index (χ1v) is 12.4. The summed E-state index contributed by atoms with van der Waals surface area (Å²) in [4.78, 5) is 16.8. The molecule has 0 bridgehead atoms. The molecule has 0 aliphatic rings. The van der Waals surface area contributed by atoms with E-state index in [9.17, 15) is 9.90 Å². The Morgan fingerprint density at radius 1 is 1.08 bits per heavy atom. The van der Waals surface area contributed by atoms with Gasteiger partial charge in [0, 0.05) is 23.6 Å². The number of ether oxygens (including phenoxy) is 1. The molecule has 10 heteroatoms. The van der Waals surface area contributed by atoms with Gasteiger partial charge < -0.3 is 9.84 Å². The number of nitrogens with zero attached hydrogens (tertiary/aromatic N) is 5. The van der Waals surface area contributed by atoms with Crippen molar-refractivity contribution in [1.29, 1.82) is 0 Å². The summed E-state index contributed by atoms with van der Waals surface area (Å²) < 4.78 is 7.45. The first-order valence-electron chi connectivity index (χ1n) is 11.5. The number of hydrogen-bond acceptors (Lipinski definition) is 8. The molecule has 2 N–H and O–H groups in total. The van der Waals surface area contributed by atoms with Gasteiger partial charge in [0.2, 0.25) is 0 Å². The highest BCUT2D eigenvalue weighted by atomic mass is 32.2. The number of aromatic hydroxyl groups is 1. The van der Waals surface area contributed by atoms with Gasteiger partial charge in [-0.15, -0.1) is 10.2 Å². The van der Waals surface area contributed by atoms with Crippen molar-refractivity contribution in [3.05, 3.63) is 78.6 Å². The number of rotatable bonds is 10. The largest absolute Gasteiger partial charge is 0.508 e. The zero-order valence-corrected chi connectivity index (χ0v) is 20.8. The molecule has 0 radical (unpaired) electrons. The van der Waals surface area contributed by atoms with E-state index < -0.39 is 0 Å². The lowest BCUT2D eigenvalue weighted by molar-refractivity contribution is -0.118. The Labute approximate surface area is 213 Å². The van der Waals surface area contributed by atoms with Gasteiger partial charge in [-0.05, 0) is 79.6 Å². The number of carbonyl (C=O) groups is 1. The number of carbonyl (C=O) groups excluding carboxylic acids is 1. The molecule has 0 spiro atoms. The number of hydrogen-bond donors (Lipinski definition) is 2. The number of nitrogens with one attached hydrogen (secondary N) is 1. The smallest absolute Gasteiger partial charge is 0.250 e. The fourth-order valence-electron chi connectivity index (χ4n) is 3.43. The Hall–Kier alpha value is -4.18. The number of thioether (sulfide) groups is 1. The fourth-order valence-corrected chi connectivity index (χ4v) is 4.17. The summed E-state index contributed by atoms with van der Waals surface area (Å²) >= 11 is 1.26. The maximum Gasteiger partial charge on any atom is 0.250 e.